The third-order valence-electron chi connectivity index (χ3n) is 5.14. The Labute approximate surface area is 185 Å². The van der Waals surface area contributed by atoms with Crippen molar-refractivity contribution in [2.24, 2.45) is 0 Å². The highest BCUT2D eigenvalue weighted by Gasteiger charge is 2.41. The highest BCUT2D eigenvalue weighted by molar-refractivity contribution is 6.46. The van der Waals surface area contributed by atoms with Crippen molar-refractivity contribution in [3.05, 3.63) is 84.1 Å². The first-order valence-corrected chi connectivity index (χ1v) is 9.89. The van der Waals surface area contributed by atoms with Gasteiger partial charge in [-0.15, -0.1) is 0 Å². The Morgan fingerprint density at radius 2 is 1.41 bits per heavy atom. The van der Waals surface area contributed by atoms with E-state index in [0.29, 0.717) is 34.2 Å². The summed E-state index contributed by atoms with van der Waals surface area (Å²) in [4.78, 5) is 28.3. The van der Waals surface area contributed by atoms with Crippen molar-refractivity contribution in [1.82, 2.24) is 0 Å². The van der Waals surface area contributed by atoms with Gasteiger partial charge in [-0.2, -0.15) is 0 Å². The van der Waals surface area contributed by atoms with Crippen molar-refractivity contribution in [3.63, 3.8) is 0 Å². The molecule has 0 bridgehead atoms. The van der Waals surface area contributed by atoms with Crippen molar-refractivity contribution in [2.45, 2.75) is 0 Å². The molecule has 32 heavy (non-hydrogen) atoms. The Balaban J connectivity index is 1.84. The van der Waals surface area contributed by atoms with Gasteiger partial charge in [0.25, 0.3) is 11.8 Å². The number of rotatable bonds is 7. The van der Waals surface area contributed by atoms with E-state index in [-0.39, 0.29) is 11.3 Å². The van der Waals surface area contributed by atoms with Gasteiger partial charge in [0.15, 0.2) is 0 Å². The van der Waals surface area contributed by atoms with Crippen molar-refractivity contribution < 1.29 is 23.8 Å². The molecule has 0 saturated carbocycles. The topological polar surface area (TPSA) is 77.1 Å². The summed E-state index contributed by atoms with van der Waals surface area (Å²) in [7, 11) is 4.55. The first kappa shape index (κ1) is 21.0. The van der Waals surface area contributed by atoms with Crippen LogP contribution in [0.4, 0.5) is 11.4 Å². The molecule has 0 spiro atoms. The van der Waals surface area contributed by atoms with E-state index in [2.05, 4.69) is 5.32 Å². The maximum atomic E-state index is 13.6. The normalized spacial score (nSPS) is 13.4. The number of ether oxygens (including phenoxy) is 3. The summed E-state index contributed by atoms with van der Waals surface area (Å²) in [5.74, 6) is 0.490. The molecular formula is C25H22N2O5. The van der Waals surface area contributed by atoms with Crippen LogP contribution in [0.5, 0.6) is 17.2 Å². The molecule has 0 fully saturated rings. The molecule has 1 aliphatic rings. The maximum Gasteiger partial charge on any atom is 0.282 e. The van der Waals surface area contributed by atoms with Gasteiger partial charge in [-0.05, 0) is 29.8 Å². The fourth-order valence-electron chi connectivity index (χ4n) is 3.59. The predicted octanol–water partition coefficient (Wildman–Crippen LogP) is 4.11. The van der Waals surface area contributed by atoms with Gasteiger partial charge in [0.05, 0.1) is 38.3 Å². The molecule has 1 aliphatic heterocycles. The SMILES string of the molecule is COc1ccc(N2C(=O)C(Nc3ccccc3OC)=C(c3ccccc3)C2=O)c(OC)c1. The Morgan fingerprint density at radius 1 is 0.719 bits per heavy atom. The van der Waals surface area contributed by atoms with Crippen molar-refractivity contribution >= 4 is 28.8 Å². The average molecular weight is 430 g/mol. The van der Waals surface area contributed by atoms with E-state index < -0.39 is 11.8 Å². The second-order valence-electron chi connectivity index (χ2n) is 6.92. The van der Waals surface area contributed by atoms with Gasteiger partial charge in [0, 0.05) is 6.07 Å². The number of nitrogens with one attached hydrogen (secondary N) is 1. The smallest absolute Gasteiger partial charge is 0.282 e. The number of imide groups is 1. The molecule has 0 aliphatic carbocycles. The summed E-state index contributed by atoms with van der Waals surface area (Å²) in [6.07, 6.45) is 0. The number of benzene rings is 3. The first-order chi connectivity index (χ1) is 15.6. The molecule has 162 valence electrons. The summed E-state index contributed by atoms with van der Waals surface area (Å²) in [5.41, 5.74) is 1.94. The van der Waals surface area contributed by atoms with Crippen molar-refractivity contribution in [1.29, 1.82) is 0 Å². The lowest BCUT2D eigenvalue weighted by Crippen LogP contribution is -2.32. The summed E-state index contributed by atoms with van der Waals surface area (Å²) in [6, 6.07) is 21.2. The monoisotopic (exact) mass is 430 g/mol. The van der Waals surface area contributed by atoms with E-state index in [1.165, 1.54) is 14.2 Å². The van der Waals surface area contributed by atoms with Gasteiger partial charge in [0.1, 0.15) is 22.9 Å². The van der Waals surface area contributed by atoms with Crippen molar-refractivity contribution in [2.75, 3.05) is 31.5 Å². The highest BCUT2D eigenvalue weighted by Crippen LogP contribution is 2.40. The molecule has 0 unspecified atom stereocenters. The largest absolute Gasteiger partial charge is 0.497 e. The summed E-state index contributed by atoms with van der Waals surface area (Å²) < 4.78 is 16.1. The minimum Gasteiger partial charge on any atom is -0.497 e. The zero-order chi connectivity index (χ0) is 22.7. The summed E-state index contributed by atoms with van der Waals surface area (Å²) >= 11 is 0. The number of anilines is 2. The van der Waals surface area contributed by atoms with Gasteiger partial charge in [0.2, 0.25) is 0 Å². The van der Waals surface area contributed by atoms with E-state index in [4.69, 9.17) is 14.2 Å². The minimum atomic E-state index is -0.497. The fourth-order valence-corrected chi connectivity index (χ4v) is 3.59. The third kappa shape index (κ3) is 3.65. The van der Waals surface area contributed by atoms with E-state index in [1.54, 1.807) is 49.6 Å². The molecule has 3 aromatic rings. The molecule has 1 heterocycles. The van der Waals surface area contributed by atoms with Crippen LogP contribution >= 0.6 is 0 Å². The van der Waals surface area contributed by atoms with Crippen LogP contribution in [0.1, 0.15) is 5.56 Å². The van der Waals surface area contributed by atoms with Gasteiger partial charge in [-0.3, -0.25) is 9.59 Å². The molecule has 7 heteroatoms. The minimum absolute atomic E-state index is 0.156. The molecule has 0 radical (unpaired) electrons. The van der Waals surface area contributed by atoms with Gasteiger partial charge >= 0.3 is 0 Å². The molecule has 0 atom stereocenters. The number of carbonyl (C=O) groups is 2. The first-order valence-electron chi connectivity index (χ1n) is 9.89. The Kier molecular flexibility index (Phi) is 5.81. The number of para-hydroxylation sites is 2. The lowest BCUT2D eigenvalue weighted by Gasteiger charge is -2.19. The van der Waals surface area contributed by atoms with Crippen LogP contribution in [0.15, 0.2) is 78.5 Å². The summed E-state index contributed by atoms with van der Waals surface area (Å²) in [5, 5.41) is 3.13. The Morgan fingerprint density at radius 3 is 2.09 bits per heavy atom. The number of nitrogens with zero attached hydrogens (tertiary/aromatic N) is 1. The quantitative estimate of drug-likeness (QED) is 0.569. The molecule has 3 aromatic carbocycles. The van der Waals surface area contributed by atoms with Crippen LogP contribution < -0.4 is 24.4 Å². The molecule has 1 N–H and O–H groups in total. The van der Waals surface area contributed by atoms with E-state index in [9.17, 15) is 9.59 Å². The van der Waals surface area contributed by atoms with Crippen LogP contribution in [0.3, 0.4) is 0 Å². The lowest BCUT2D eigenvalue weighted by molar-refractivity contribution is -0.120. The Bertz CT molecular complexity index is 1200. The molecule has 4 rings (SSSR count). The highest BCUT2D eigenvalue weighted by atomic mass is 16.5. The van der Waals surface area contributed by atoms with Crippen LogP contribution in [-0.2, 0) is 9.59 Å². The number of amides is 2. The lowest BCUT2D eigenvalue weighted by atomic mass is 10.0. The van der Waals surface area contributed by atoms with E-state index in [1.807, 2.05) is 30.3 Å². The average Bonchev–Trinajstić information content (AvgIpc) is 3.08. The number of hydrogen-bond donors (Lipinski definition) is 1. The van der Waals surface area contributed by atoms with Crippen molar-refractivity contribution in [3.8, 4) is 17.2 Å². The predicted molar refractivity (Wildman–Crippen MR) is 122 cm³/mol. The van der Waals surface area contributed by atoms with Crippen LogP contribution in [0.2, 0.25) is 0 Å². The Hall–Kier alpha value is -4.26. The number of methoxy groups -OCH3 is 3. The van der Waals surface area contributed by atoms with Crippen LogP contribution in [-0.4, -0.2) is 33.1 Å². The second-order valence-corrected chi connectivity index (χ2v) is 6.92. The number of hydrogen-bond acceptors (Lipinski definition) is 6. The maximum absolute atomic E-state index is 13.6. The molecule has 0 saturated heterocycles. The van der Waals surface area contributed by atoms with E-state index >= 15 is 0 Å². The molecule has 7 nitrogen and oxygen atoms in total. The summed E-state index contributed by atoms with van der Waals surface area (Å²) in [6.45, 7) is 0. The van der Waals surface area contributed by atoms with Gasteiger partial charge in [-0.1, -0.05) is 42.5 Å². The fraction of sp³-hybridized carbons (Fsp3) is 0.120. The number of carbonyl (C=O) groups excluding carboxylic acids is 2. The van der Waals surface area contributed by atoms with Crippen LogP contribution in [0, 0.1) is 0 Å². The zero-order valence-corrected chi connectivity index (χ0v) is 17.9. The second kappa shape index (κ2) is 8.85. The van der Waals surface area contributed by atoms with Gasteiger partial charge < -0.3 is 19.5 Å². The van der Waals surface area contributed by atoms with Crippen LogP contribution in [0.25, 0.3) is 5.57 Å². The molecule has 2 amide bonds. The zero-order valence-electron chi connectivity index (χ0n) is 17.9. The molecular weight excluding hydrogens is 408 g/mol. The standard InChI is InChI=1S/C25H22N2O5/c1-30-17-13-14-19(21(15-17)32-3)27-24(28)22(16-9-5-4-6-10-16)23(25(27)29)26-18-11-7-8-12-20(18)31-2/h4-15,26H,1-3H3. The van der Waals surface area contributed by atoms with Gasteiger partial charge in [-0.25, -0.2) is 4.90 Å². The molecule has 0 aromatic heterocycles. The van der Waals surface area contributed by atoms with E-state index in [0.717, 1.165) is 4.90 Å². The third-order valence-corrected chi connectivity index (χ3v) is 5.14.